The van der Waals surface area contributed by atoms with E-state index in [9.17, 15) is 9.59 Å². The molecule has 4 amide bonds. The van der Waals surface area contributed by atoms with Crippen LogP contribution in [0.15, 0.2) is 24.3 Å². The average Bonchev–Trinajstić information content (AvgIpc) is 2.63. The predicted octanol–water partition coefficient (Wildman–Crippen LogP) is 2.56. The molecule has 0 atom stereocenters. The molecule has 0 aliphatic carbocycles. The number of nitrogens with one attached hydrogen (secondary N) is 1. The van der Waals surface area contributed by atoms with Gasteiger partial charge in [-0.15, -0.1) is 4.59 Å². The molecule has 1 N–H and O–H groups in total. The highest BCUT2D eigenvalue weighted by Gasteiger charge is 2.53. The molecule has 19 heavy (non-hydrogen) atoms. The quantitative estimate of drug-likeness (QED) is 0.789. The lowest BCUT2D eigenvalue weighted by atomic mass is 10.1. The molecule has 0 unspecified atom stereocenters. The van der Waals surface area contributed by atoms with Crippen LogP contribution in [0.5, 0.6) is 0 Å². The number of hydrogen-bond donors (Lipinski definition) is 1. The SMILES string of the molecule is Cc1ccccc1N1C(=O)N[N+]2(CCCCC2)C1=O. The molecule has 5 heteroatoms. The van der Waals surface area contributed by atoms with E-state index in [4.69, 9.17) is 0 Å². The number of nitrogens with zero attached hydrogens (tertiary/aromatic N) is 2. The van der Waals surface area contributed by atoms with E-state index in [2.05, 4.69) is 5.43 Å². The van der Waals surface area contributed by atoms with Gasteiger partial charge in [0.05, 0.1) is 5.69 Å². The second-order valence-electron chi connectivity index (χ2n) is 5.30. The molecule has 2 saturated heterocycles. The molecule has 100 valence electrons. The molecule has 1 aromatic carbocycles. The first-order valence-corrected chi connectivity index (χ1v) is 6.74. The third-order valence-electron chi connectivity index (χ3n) is 4.01. The number of carbonyl (C=O) groups excluding carboxylic acids is 2. The molecule has 1 aromatic rings. The van der Waals surface area contributed by atoms with E-state index in [0.717, 1.165) is 24.8 Å². The fourth-order valence-electron chi connectivity index (χ4n) is 2.94. The van der Waals surface area contributed by atoms with Gasteiger partial charge in [0.15, 0.2) is 0 Å². The number of amides is 4. The number of carbonyl (C=O) groups is 2. The minimum Gasteiger partial charge on any atom is -0.242 e. The van der Waals surface area contributed by atoms with Crippen LogP contribution in [0.1, 0.15) is 24.8 Å². The predicted molar refractivity (Wildman–Crippen MR) is 71.4 cm³/mol. The minimum atomic E-state index is -0.304. The van der Waals surface area contributed by atoms with Crippen molar-refractivity contribution >= 4 is 17.7 Å². The van der Waals surface area contributed by atoms with Crippen molar-refractivity contribution in [2.75, 3.05) is 18.0 Å². The number of urea groups is 2. The normalized spacial score (nSPS) is 21.8. The Morgan fingerprint density at radius 1 is 1.11 bits per heavy atom. The van der Waals surface area contributed by atoms with Crippen molar-refractivity contribution in [3.63, 3.8) is 0 Å². The maximum Gasteiger partial charge on any atom is 0.456 e. The number of hydrogen-bond acceptors (Lipinski definition) is 2. The van der Waals surface area contributed by atoms with Gasteiger partial charge in [0.2, 0.25) is 0 Å². The second kappa shape index (κ2) is 4.35. The summed E-state index contributed by atoms with van der Waals surface area (Å²) in [6.45, 7) is 3.31. The zero-order valence-corrected chi connectivity index (χ0v) is 11.1. The fourth-order valence-corrected chi connectivity index (χ4v) is 2.94. The Balaban J connectivity index is 1.98. The molecule has 2 fully saturated rings. The largest absolute Gasteiger partial charge is 0.456 e. The summed E-state index contributed by atoms with van der Waals surface area (Å²) in [5, 5.41) is 0. The van der Waals surface area contributed by atoms with Crippen LogP contribution in [0.2, 0.25) is 0 Å². The smallest absolute Gasteiger partial charge is 0.242 e. The van der Waals surface area contributed by atoms with Gasteiger partial charge in [-0.25, -0.2) is 9.59 Å². The van der Waals surface area contributed by atoms with E-state index in [0.29, 0.717) is 18.8 Å². The zero-order valence-electron chi connectivity index (χ0n) is 11.1. The van der Waals surface area contributed by atoms with Gasteiger partial charge < -0.3 is 0 Å². The summed E-state index contributed by atoms with van der Waals surface area (Å²) < 4.78 is 0.0904. The molecule has 5 nitrogen and oxygen atoms in total. The first kappa shape index (κ1) is 12.2. The van der Waals surface area contributed by atoms with Crippen LogP contribution in [0.3, 0.4) is 0 Å². The monoisotopic (exact) mass is 260 g/mol. The Morgan fingerprint density at radius 3 is 2.47 bits per heavy atom. The molecular formula is C14H18N3O2+. The van der Waals surface area contributed by atoms with Gasteiger partial charge in [-0.2, -0.15) is 10.3 Å². The molecular weight excluding hydrogens is 242 g/mol. The van der Waals surface area contributed by atoms with Crippen LogP contribution >= 0.6 is 0 Å². The van der Waals surface area contributed by atoms with Crippen LogP contribution in [0, 0.1) is 6.92 Å². The maximum absolute atomic E-state index is 12.7. The molecule has 0 aromatic heterocycles. The van der Waals surface area contributed by atoms with E-state index < -0.39 is 0 Å². The molecule has 2 heterocycles. The molecule has 3 rings (SSSR count). The number of quaternary nitrogens is 1. The molecule has 1 spiro atoms. The Morgan fingerprint density at radius 2 is 1.79 bits per heavy atom. The van der Waals surface area contributed by atoms with Gasteiger partial charge in [-0.3, -0.25) is 0 Å². The third kappa shape index (κ3) is 1.81. The van der Waals surface area contributed by atoms with Gasteiger partial charge in [-0.1, -0.05) is 18.2 Å². The number of rotatable bonds is 1. The molecule has 2 aliphatic rings. The van der Waals surface area contributed by atoms with Crippen molar-refractivity contribution in [1.29, 1.82) is 0 Å². The summed E-state index contributed by atoms with van der Waals surface area (Å²) in [4.78, 5) is 26.1. The van der Waals surface area contributed by atoms with Crippen molar-refractivity contribution in [3.05, 3.63) is 29.8 Å². The first-order valence-electron chi connectivity index (χ1n) is 6.74. The second-order valence-corrected chi connectivity index (χ2v) is 5.30. The first-order chi connectivity index (χ1) is 9.14. The summed E-state index contributed by atoms with van der Waals surface area (Å²) in [5.74, 6) is 0. The van der Waals surface area contributed by atoms with E-state index in [1.165, 1.54) is 4.90 Å². The van der Waals surface area contributed by atoms with E-state index in [1.807, 2.05) is 31.2 Å². The van der Waals surface area contributed by atoms with Crippen molar-refractivity contribution < 1.29 is 14.2 Å². The van der Waals surface area contributed by atoms with Crippen LogP contribution in [0.25, 0.3) is 0 Å². The third-order valence-corrected chi connectivity index (χ3v) is 4.01. The topological polar surface area (TPSA) is 49.4 Å². The highest BCUT2D eigenvalue weighted by atomic mass is 16.2. The number of benzene rings is 1. The van der Waals surface area contributed by atoms with Crippen LogP contribution in [0.4, 0.5) is 15.3 Å². The van der Waals surface area contributed by atoms with Crippen LogP contribution in [-0.4, -0.2) is 29.7 Å². The highest BCUT2D eigenvalue weighted by Crippen LogP contribution is 2.29. The van der Waals surface area contributed by atoms with Crippen molar-refractivity contribution in [1.82, 2.24) is 5.43 Å². The van der Waals surface area contributed by atoms with Crippen molar-refractivity contribution in [2.24, 2.45) is 0 Å². The van der Waals surface area contributed by atoms with Gasteiger partial charge in [0.1, 0.15) is 13.1 Å². The van der Waals surface area contributed by atoms with Gasteiger partial charge in [-0.05, 0) is 37.8 Å². The van der Waals surface area contributed by atoms with Gasteiger partial charge >= 0.3 is 12.1 Å². The number of imide groups is 1. The molecule has 0 saturated carbocycles. The lowest BCUT2D eigenvalue weighted by Gasteiger charge is -2.31. The van der Waals surface area contributed by atoms with E-state index in [-0.39, 0.29) is 16.7 Å². The summed E-state index contributed by atoms with van der Waals surface area (Å²) in [6, 6.07) is 7.04. The molecule has 0 radical (unpaired) electrons. The summed E-state index contributed by atoms with van der Waals surface area (Å²) in [5.41, 5.74) is 4.49. The number of aryl methyl sites for hydroxylation is 1. The van der Waals surface area contributed by atoms with Crippen LogP contribution in [-0.2, 0) is 0 Å². The van der Waals surface area contributed by atoms with Crippen molar-refractivity contribution in [2.45, 2.75) is 26.2 Å². The number of para-hydroxylation sites is 1. The van der Waals surface area contributed by atoms with Gasteiger partial charge in [0.25, 0.3) is 0 Å². The highest BCUT2D eigenvalue weighted by molar-refractivity contribution is 6.14. The average molecular weight is 260 g/mol. The Kier molecular flexibility index (Phi) is 2.78. The molecule has 2 aliphatic heterocycles. The summed E-state index contributed by atoms with van der Waals surface area (Å²) in [6.07, 6.45) is 3.09. The Bertz CT molecular complexity index is 535. The minimum absolute atomic E-state index is 0.0904. The lowest BCUT2D eigenvalue weighted by molar-refractivity contribution is -0.883. The molecule has 0 bridgehead atoms. The zero-order chi connectivity index (χ0) is 13.5. The standard InChI is InChI=1S/C14H17N3O2/c1-11-7-3-4-8-12(11)16-13(18)15-17(14(16)19)9-5-2-6-10-17/h3-4,7-8H,2,5-6,9-10H2,1H3/p+1. The summed E-state index contributed by atoms with van der Waals surface area (Å²) >= 11 is 0. The number of anilines is 1. The number of piperidine rings is 1. The maximum atomic E-state index is 12.7. The van der Waals surface area contributed by atoms with E-state index in [1.54, 1.807) is 0 Å². The van der Waals surface area contributed by atoms with Crippen LogP contribution < -0.4 is 10.3 Å². The Hall–Kier alpha value is -1.88. The van der Waals surface area contributed by atoms with Crippen molar-refractivity contribution in [3.8, 4) is 0 Å². The lowest BCUT2D eigenvalue weighted by Crippen LogP contribution is -2.59. The summed E-state index contributed by atoms with van der Waals surface area (Å²) in [7, 11) is 0. The van der Waals surface area contributed by atoms with Gasteiger partial charge in [0, 0.05) is 0 Å². The fraction of sp³-hybridized carbons (Fsp3) is 0.429. The Labute approximate surface area is 112 Å². The van der Waals surface area contributed by atoms with E-state index >= 15 is 0 Å².